The quantitative estimate of drug-likeness (QED) is 0.730. The second kappa shape index (κ2) is 4.72. The molecule has 0 aromatic heterocycles. The van der Waals surface area contributed by atoms with Gasteiger partial charge in [-0.15, -0.1) is 0 Å². The number of nitrogens with one attached hydrogen (secondary N) is 1. The van der Waals surface area contributed by atoms with Gasteiger partial charge in [-0.1, -0.05) is 12.1 Å². The van der Waals surface area contributed by atoms with E-state index in [1.54, 1.807) is 31.2 Å². The lowest BCUT2D eigenvalue weighted by atomic mass is 10.1. The first-order chi connectivity index (χ1) is 6.58. The van der Waals surface area contributed by atoms with Gasteiger partial charge in [0.2, 0.25) is 5.91 Å². The van der Waals surface area contributed by atoms with Crippen molar-refractivity contribution < 1.29 is 9.18 Å². The summed E-state index contributed by atoms with van der Waals surface area (Å²) in [7, 11) is 3.48. The Hall–Kier alpha value is -1.42. The van der Waals surface area contributed by atoms with Crippen LogP contribution in [0.25, 0.3) is 0 Å². The Labute approximate surface area is 82.5 Å². The molecule has 1 amide bonds. The molecule has 76 valence electrons. The summed E-state index contributed by atoms with van der Waals surface area (Å²) < 4.78 is 12.5. The van der Waals surface area contributed by atoms with E-state index in [1.165, 1.54) is 12.1 Å². The maximum Gasteiger partial charge on any atom is 0.238 e. The molecule has 0 saturated carbocycles. The molecule has 1 rings (SSSR count). The molecule has 14 heavy (non-hydrogen) atoms. The minimum Gasteiger partial charge on any atom is -0.289 e. The zero-order valence-corrected chi connectivity index (χ0v) is 8.25. The van der Waals surface area contributed by atoms with Gasteiger partial charge in [0, 0.05) is 14.1 Å². The van der Waals surface area contributed by atoms with Crippen molar-refractivity contribution in [1.82, 2.24) is 10.4 Å². The maximum atomic E-state index is 12.5. The highest BCUT2D eigenvalue weighted by molar-refractivity contribution is 5.77. The molecule has 0 unspecified atom stereocenters. The van der Waals surface area contributed by atoms with Crippen LogP contribution in [0.5, 0.6) is 0 Å². The standard InChI is InChI=1S/C10H13FN2O/c1-13(2)12-10(14)7-8-3-5-9(11)6-4-8/h3-6H,7H2,1-2H3,(H,12,14). The molecular formula is C10H13FN2O. The number of benzene rings is 1. The molecule has 0 heterocycles. The van der Waals surface area contributed by atoms with E-state index in [0.29, 0.717) is 0 Å². The van der Waals surface area contributed by atoms with Gasteiger partial charge in [0.1, 0.15) is 5.82 Å². The number of rotatable bonds is 3. The Morgan fingerprint density at radius 3 is 2.43 bits per heavy atom. The van der Waals surface area contributed by atoms with E-state index in [9.17, 15) is 9.18 Å². The SMILES string of the molecule is CN(C)NC(=O)Cc1ccc(F)cc1. The summed E-state index contributed by atoms with van der Waals surface area (Å²) in [5.74, 6) is -0.400. The van der Waals surface area contributed by atoms with Gasteiger partial charge < -0.3 is 0 Å². The molecule has 0 bridgehead atoms. The topological polar surface area (TPSA) is 32.3 Å². The molecule has 0 aliphatic rings. The molecule has 0 radical (unpaired) electrons. The van der Waals surface area contributed by atoms with Crippen LogP contribution >= 0.6 is 0 Å². The van der Waals surface area contributed by atoms with E-state index in [2.05, 4.69) is 5.43 Å². The zero-order chi connectivity index (χ0) is 10.6. The summed E-state index contributed by atoms with van der Waals surface area (Å²) in [4.78, 5) is 11.3. The molecule has 0 atom stereocenters. The second-order valence-corrected chi connectivity index (χ2v) is 3.23. The molecule has 1 aromatic rings. The van der Waals surface area contributed by atoms with E-state index >= 15 is 0 Å². The highest BCUT2D eigenvalue weighted by atomic mass is 19.1. The van der Waals surface area contributed by atoms with Gasteiger partial charge in [0.15, 0.2) is 0 Å². The van der Waals surface area contributed by atoms with Crippen molar-refractivity contribution in [1.29, 1.82) is 0 Å². The summed E-state index contributed by atoms with van der Waals surface area (Å²) >= 11 is 0. The minimum atomic E-state index is -0.290. The average Bonchev–Trinajstić information content (AvgIpc) is 2.07. The molecule has 0 fully saturated rings. The second-order valence-electron chi connectivity index (χ2n) is 3.23. The first kappa shape index (κ1) is 10.7. The molecule has 0 aliphatic carbocycles. The number of nitrogens with zero attached hydrogens (tertiary/aromatic N) is 1. The van der Waals surface area contributed by atoms with Gasteiger partial charge in [-0.3, -0.25) is 10.2 Å². The molecule has 3 nitrogen and oxygen atoms in total. The van der Waals surface area contributed by atoms with Crippen LogP contribution in [0.3, 0.4) is 0 Å². The highest BCUT2D eigenvalue weighted by Crippen LogP contribution is 2.03. The van der Waals surface area contributed by atoms with Gasteiger partial charge >= 0.3 is 0 Å². The third-order valence-electron chi connectivity index (χ3n) is 1.63. The lowest BCUT2D eigenvalue weighted by Crippen LogP contribution is -2.37. The molecule has 0 aliphatic heterocycles. The van der Waals surface area contributed by atoms with E-state index in [4.69, 9.17) is 0 Å². The smallest absolute Gasteiger partial charge is 0.238 e. The molecule has 4 heteroatoms. The molecule has 0 saturated heterocycles. The molecule has 0 spiro atoms. The number of carbonyl (C=O) groups is 1. The van der Waals surface area contributed by atoms with Crippen molar-refractivity contribution in [3.8, 4) is 0 Å². The summed E-state index contributed by atoms with van der Waals surface area (Å²) in [5, 5.41) is 1.58. The van der Waals surface area contributed by atoms with Crippen molar-refractivity contribution in [2.45, 2.75) is 6.42 Å². The summed E-state index contributed by atoms with van der Waals surface area (Å²) in [6.07, 6.45) is 0.262. The summed E-state index contributed by atoms with van der Waals surface area (Å²) in [6.45, 7) is 0. The molecular weight excluding hydrogens is 183 g/mol. The van der Waals surface area contributed by atoms with E-state index in [-0.39, 0.29) is 18.1 Å². The van der Waals surface area contributed by atoms with Crippen molar-refractivity contribution in [2.75, 3.05) is 14.1 Å². The maximum absolute atomic E-state index is 12.5. The van der Waals surface area contributed by atoms with Gasteiger partial charge in [0.25, 0.3) is 0 Å². The Balaban J connectivity index is 2.52. The lowest BCUT2D eigenvalue weighted by Gasteiger charge is -2.11. The van der Waals surface area contributed by atoms with Gasteiger partial charge in [-0.2, -0.15) is 0 Å². The Bertz CT molecular complexity index is 308. The fourth-order valence-corrected chi connectivity index (χ4v) is 1.08. The average molecular weight is 196 g/mol. The lowest BCUT2D eigenvalue weighted by molar-refractivity contribution is -0.124. The number of hydrogen-bond donors (Lipinski definition) is 1. The van der Waals surface area contributed by atoms with Gasteiger partial charge in [-0.25, -0.2) is 9.40 Å². The Morgan fingerprint density at radius 2 is 1.93 bits per heavy atom. The van der Waals surface area contributed by atoms with E-state index in [0.717, 1.165) is 5.56 Å². The van der Waals surface area contributed by atoms with Crippen LogP contribution in [-0.4, -0.2) is 25.0 Å². The Morgan fingerprint density at radius 1 is 1.36 bits per heavy atom. The van der Waals surface area contributed by atoms with Crippen LogP contribution in [0.1, 0.15) is 5.56 Å². The van der Waals surface area contributed by atoms with E-state index < -0.39 is 0 Å². The number of amides is 1. The minimum absolute atomic E-state index is 0.110. The van der Waals surface area contributed by atoms with Crippen LogP contribution < -0.4 is 5.43 Å². The van der Waals surface area contributed by atoms with Crippen molar-refractivity contribution in [3.63, 3.8) is 0 Å². The molecule has 1 aromatic carbocycles. The van der Waals surface area contributed by atoms with Crippen LogP contribution in [0, 0.1) is 5.82 Å². The zero-order valence-electron chi connectivity index (χ0n) is 8.25. The van der Waals surface area contributed by atoms with E-state index in [1.807, 2.05) is 0 Å². The number of hydrogen-bond acceptors (Lipinski definition) is 2. The number of carbonyl (C=O) groups excluding carboxylic acids is 1. The van der Waals surface area contributed by atoms with Crippen molar-refractivity contribution in [2.24, 2.45) is 0 Å². The largest absolute Gasteiger partial charge is 0.289 e. The highest BCUT2D eigenvalue weighted by Gasteiger charge is 2.03. The monoisotopic (exact) mass is 196 g/mol. The number of halogens is 1. The summed E-state index contributed by atoms with van der Waals surface area (Å²) in [5.41, 5.74) is 3.40. The predicted molar refractivity (Wildman–Crippen MR) is 51.9 cm³/mol. The predicted octanol–water partition coefficient (Wildman–Crippen LogP) is 0.961. The first-order valence-electron chi connectivity index (χ1n) is 4.29. The number of hydrazine groups is 1. The van der Waals surface area contributed by atoms with Crippen LogP contribution in [-0.2, 0) is 11.2 Å². The normalized spacial score (nSPS) is 10.3. The fourth-order valence-electron chi connectivity index (χ4n) is 1.08. The van der Waals surface area contributed by atoms with Crippen molar-refractivity contribution >= 4 is 5.91 Å². The fraction of sp³-hybridized carbons (Fsp3) is 0.300. The Kier molecular flexibility index (Phi) is 3.59. The third-order valence-corrected chi connectivity index (χ3v) is 1.63. The molecule has 1 N–H and O–H groups in total. The van der Waals surface area contributed by atoms with Crippen LogP contribution in [0.2, 0.25) is 0 Å². The first-order valence-corrected chi connectivity index (χ1v) is 4.29. The van der Waals surface area contributed by atoms with Crippen LogP contribution in [0.15, 0.2) is 24.3 Å². The third kappa shape index (κ3) is 3.53. The summed E-state index contributed by atoms with van der Waals surface area (Å²) in [6, 6.07) is 5.89. The van der Waals surface area contributed by atoms with Gasteiger partial charge in [-0.05, 0) is 17.7 Å². The van der Waals surface area contributed by atoms with Gasteiger partial charge in [0.05, 0.1) is 6.42 Å². The van der Waals surface area contributed by atoms with Crippen LogP contribution in [0.4, 0.5) is 4.39 Å². The van der Waals surface area contributed by atoms with Crippen molar-refractivity contribution in [3.05, 3.63) is 35.6 Å².